The second-order valence-corrected chi connectivity index (χ2v) is 6.84. The van der Waals surface area contributed by atoms with Gasteiger partial charge in [0.05, 0.1) is 10.7 Å². The molecule has 1 aromatic heterocycles. The minimum atomic E-state index is -0.470. The standard InChI is InChI=1S/C14H15N5O3S2/c1-3-6-15-13-17-18-14(24-13)23-8-12(20)16-11-5-4-10(19(21)22)7-9(11)2/h3-5,7H,1,6,8H2,2H3,(H,15,17)(H,16,20). The van der Waals surface area contributed by atoms with Gasteiger partial charge in [0.15, 0.2) is 4.34 Å². The summed E-state index contributed by atoms with van der Waals surface area (Å²) in [5.41, 5.74) is 1.18. The van der Waals surface area contributed by atoms with Crippen molar-refractivity contribution < 1.29 is 9.72 Å². The maximum atomic E-state index is 12.0. The third-order valence-electron chi connectivity index (χ3n) is 2.83. The average molecular weight is 365 g/mol. The van der Waals surface area contributed by atoms with E-state index in [1.54, 1.807) is 13.0 Å². The molecule has 0 saturated carbocycles. The fourth-order valence-corrected chi connectivity index (χ4v) is 3.27. The highest BCUT2D eigenvalue weighted by Gasteiger charge is 2.12. The van der Waals surface area contributed by atoms with Gasteiger partial charge in [-0.15, -0.1) is 16.8 Å². The number of hydrogen-bond donors (Lipinski definition) is 2. The number of non-ortho nitro benzene ring substituents is 1. The smallest absolute Gasteiger partial charge is 0.269 e. The maximum Gasteiger partial charge on any atom is 0.269 e. The minimum Gasteiger partial charge on any atom is -0.357 e. The lowest BCUT2D eigenvalue weighted by Gasteiger charge is -2.07. The predicted molar refractivity (Wildman–Crippen MR) is 95.8 cm³/mol. The lowest BCUT2D eigenvalue weighted by molar-refractivity contribution is -0.384. The maximum absolute atomic E-state index is 12.0. The van der Waals surface area contributed by atoms with Crippen molar-refractivity contribution in [1.29, 1.82) is 0 Å². The summed E-state index contributed by atoms with van der Waals surface area (Å²) < 4.78 is 0.678. The number of thioether (sulfide) groups is 1. The number of anilines is 2. The van der Waals surface area contributed by atoms with Crippen LogP contribution in [0, 0.1) is 17.0 Å². The zero-order valence-corrected chi connectivity index (χ0v) is 14.4. The van der Waals surface area contributed by atoms with E-state index in [-0.39, 0.29) is 17.3 Å². The van der Waals surface area contributed by atoms with E-state index in [2.05, 4.69) is 27.4 Å². The topological polar surface area (TPSA) is 110 Å². The van der Waals surface area contributed by atoms with E-state index in [9.17, 15) is 14.9 Å². The van der Waals surface area contributed by atoms with E-state index in [0.717, 1.165) is 0 Å². The zero-order chi connectivity index (χ0) is 17.5. The molecule has 1 heterocycles. The number of aryl methyl sites for hydroxylation is 1. The largest absolute Gasteiger partial charge is 0.357 e. The SMILES string of the molecule is C=CCNc1nnc(SCC(=O)Nc2ccc([N+](=O)[O-])cc2C)s1. The van der Waals surface area contributed by atoms with Gasteiger partial charge in [-0.2, -0.15) is 0 Å². The molecule has 126 valence electrons. The summed E-state index contributed by atoms with van der Waals surface area (Å²) in [4.78, 5) is 22.2. The Morgan fingerprint density at radius 3 is 2.96 bits per heavy atom. The van der Waals surface area contributed by atoms with Crippen molar-refractivity contribution in [2.75, 3.05) is 22.9 Å². The van der Waals surface area contributed by atoms with E-state index in [4.69, 9.17) is 0 Å². The van der Waals surface area contributed by atoms with Gasteiger partial charge >= 0.3 is 0 Å². The second kappa shape index (κ2) is 8.41. The molecule has 0 aliphatic heterocycles. The predicted octanol–water partition coefficient (Wildman–Crippen LogP) is 3.08. The number of carbonyl (C=O) groups is 1. The summed E-state index contributed by atoms with van der Waals surface area (Å²) in [5, 5.41) is 25.1. The van der Waals surface area contributed by atoms with Crippen LogP contribution in [0.1, 0.15) is 5.56 Å². The molecule has 1 amide bonds. The van der Waals surface area contributed by atoms with Gasteiger partial charge in [0, 0.05) is 24.4 Å². The molecular weight excluding hydrogens is 350 g/mol. The molecule has 2 rings (SSSR count). The number of nitrogens with zero attached hydrogens (tertiary/aromatic N) is 3. The molecule has 0 unspecified atom stereocenters. The molecule has 1 aromatic carbocycles. The molecule has 0 aliphatic rings. The van der Waals surface area contributed by atoms with Crippen LogP contribution in [0.5, 0.6) is 0 Å². The highest BCUT2D eigenvalue weighted by Crippen LogP contribution is 2.26. The summed E-state index contributed by atoms with van der Waals surface area (Å²) in [5.74, 6) is -0.0419. The molecule has 8 nitrogen and oxygen atoms in total. The van der Waals surface area contributed by atoms with E-state index < -0.39 is 4.92 Å². The van der Waals surface area contributed by atoms with Crippen molar-refractivity contribution in [3.8, 4) is 0 Å². The number of hydrogen-bond acceptors (Lipinski definition) is 8. The van der Waals surface area contributed by atoms with Crippen LogP contribution in [0.3, 0.4) is 0 Å². The van der Waals surface area contributed by atoms with Gasteiger partial charge in [-0.1, -0.05) is 29.2 Å². The zero-order valence-electron chi connectivity index (χ0n) is 12.8. The number of aromatic nitrogens is 2. The molecule has 10 heteroatoms. The third kappa shape index (κ3) is 5.03. The molecule has 0 fully saturated rings. The van der Waals surface area contributed by atoms with Crippen molar-refractivity contribution in [1.82, 2.24) is 10.2 Å². The van der Waals surface area contributed by atoms with E-state index in [0.29, 0.717) is 27.3 Å². The highest BCUT2D eigenvalue weighted by atomic mass is 32.2. The number of benzene rings is 1. The van der Waals surface area contributed by atoms with Gasteiger partial charge in [-0.3, -0.25) is 14.9 Å². The number of rotatable bonds is 8. The minimum absolute atomic E-state index is 0.00622. The molecule has 0 atom stereocenters. The number of amides is 1. The van der Waals surface area contributed by atoms with E-state index >= 15 is 0 Å². The summed E-state index contributed by atoms with van der Waals surface area (Å²) in [6.45, 7) is 5.91. The molecule has 0 radical (unpaired) electrons. The third-order valence-corrected chi connectivity index (χ3v) is 4.84. The molecule has 0 aliphatic carbocycles. The Balaban J connectivity index is 1.88. The fourth-order valence-electron chi connectivity index (χ4n) is 1.71. The van der Waals surface area contributed by atoms with Crippen LogP contribution in [-0.2, 0) is 4.79 Å². The molecule has 0 saturated heterocycles. The van der Waals surface area contributed by atoms with Gasteiger partial charge in [0.1, 0.15) is 0 Å². The van der Waals surface area contributed by atoms with Gasteiger partial charge in [0.2, 0.25) is 11.0 Å². The van der Waals surface area contributed by atoms with Crippen LogP contribution >= 0.6 is 23.1 Å². The molecule has 0 bridgehead atoms. The first kappa shape index (κ1) is 17.9. The second-order valence-electron chi connectivity index (χ2n) is 4.64. The number of nitrogens with one attached hydrogen (secondary N) is 2. The Hall–Kier alpha value is -2.46. The van der Waals surface area contributed by atoms with Gasteiger partial charge in [-0.25, -0.2) is 0 Å². The highest BCUT2D eigenvalue weighted by molar-refractivity contribution is 8.01. The Bertz CT molecular complexity index is 763. The summed E-state index contributed by atoms with van der Waals surface area (Å²) >= 11 is 2.63. The van der Waals surface area contributed by atoms with Gasteiger partial charge in [0.25, 0.3) is 5.69 Å². The first-order valence-corrected chi connectivity index (χ1v) is 8.65. The first-order chi connectivity index (χ1) is 11.5. The van der Waals surface area contributed by atoms with Crippen LogP contribution in [0.2, 0.25) is 0 Å². The summed E-state index contributed by atoms with van der Waals surface area (Å²) in [6.07, 6.45) is 1.72. The number of nitro groups is 1. The number of nitro benzene ring substituents is 1. The molecule has 2 aromatic rings. The Labute approximate surface area is 146 Å². The monoisotopic (exact) mass is 365 g/mol. The molecule has 24 heavy (non-hydrogen) atoms. The van der Waals surface area contributed by atoms with E-state index in [1.165, 1.54) is 41.3 Å². The first-order valence-electron chi connectivity index (χ1n) is 6.85. The molecule has 2 N–H and O–H groups in total. The normalized spacial score (nSPS) is 10.2. The van der Waals surface area contributed by atoms with Crippen LogP contribution < -0.4 is 10.6 Å². The molecule has 0 spiro atoms. The van der Waals surface area contributed by atoms with Gasteiger partial charge < -0.3 is 10.6 Å². The number of carbonyl (C=O) groups excluding carboxylic acids is 1. The van der Waals surface area contributed by atoms with Crippen molar-refractivity contribution in [3.63, 3.8) is 0 Å². The fraction of sp³-hybridized carbons (Fsp3) is 0.214. The lowest BCUT2D eigenvalue weighted by Crippen LogP contribution is -2.14. The summed E-state index contributed by atoms with van der Waals surface area (Å²) in [7, 11) is 0. The lowest BCUT2D eigenvalue weighted by atomic mass is 10.2. The van der Waals surface area contributed by atoms with Crippen molar-refractivity contribution >= 4 is 45.5 Å². The Morgan fingerprint density at radius 1 is 1.50 bits per heavy atom. The van der Waals surface area contributed by atoms with Gasteiger partial charge in [-0.05, 0) is 18.6 Å². The average Bonchev–Trinajstić information content (AvgIpc) is 3.00. The molecular formula is C14H15N5O3S2. The van der Waals surface area contributed by atoms with E-state index in [1.807, 2.05) is 0 Å². The van der Waals surface area contributed by atoms with Crippen molar-refractivity contribution in [2.24, 2.45) is 0 Å². The Morgan fingerprint density at radius 2 is 2.29 bits per heavy atom. The van der Waals surface area contributed by atoms with Crippen LogP contribution in [-0.4, -0.2) is 33.3 Å². The Kier molecular flexibility index (Phi) is 6.27. The van der Waals surface area contributed by atoms with Crippen LogP contribution in [0.25, 0.3) is 0 Å². The van der Waals surface area contributed by atoms with Crippen LogP contribution in [0.15, 0.2) is 35.2 Å². The van der Waals surface area contributed by atoms with Crippen molar-refractivity contribution in [2.45, 2.75) is 11.3 Å². The summed E-state index contributed by atoms with van der Waals surface area (Å²) in [6, 6.07) is 4.31. The van der Waals surface area contributed by atoms with Crippen molar-refractivity contribution in [3.05, 3.63) is 46.5 Å². The van der Waals surface area contributed by atoms with Crippen LogP contribution in [0.4, 0.5) is 16.5 Å². The quantitative estimate of drug-likeness (QED) is 0.320.